The second-order valence-electron chi connectivity index (χ2n) is 4.62. The average molecular weight is 384 g/mol. The van der Waals surface area contributed by atoms with Gasteiger partial charge in [-0.2, -0.15) is 0 Å². The Morgan fingerprint density at radius 1 is 1.38 bits per heavy atom. The molecule has 0 aliphatic carbocycles. The molecule has 0 spiro atoms. The summed E-state index contributed by atoms with van der Waals surface area (Å²) < 4.78 is 45.0. The molecule has 0 heterocycles. The monoisotopic (exact) mass is 383 g/mol. The Morgan fingerprint density at radius 2 is 2.05 bits per heavy atom. The van der Waals surface area contributed by atoms with Crippen LogP contribution < -0.4 is 10.5 Å². The minimum atomic E-state index is -3.80. The summed E-state index contributed by atoms with van der Waals surface area (Å²) in [4.78, 5) is 1.80. The van der Waals surface area contributed by atoms with Gasteiger partial charge in [0.2, 0.25) is 10.0 Å². The van der Waals surface area contributed by atoms with Gasteiger partial charge < -0.3 is 15.4 Å². The first-order chi connectivity index (χ1) is 9.74. The lowest BCUT2D eigenvalue weighted by molar-refractivity contribution is 0.122. The minimum absolute atomic E-state index is 0.0410. The van der Waals surface area contributed by atoms with Crippen LogP contribution in [0.5, 0.6) is 0 Å². The van der Waals surface area contributed by atoms with Crippen LogP contribution >= 0.6 is 15.9 Å². The molecule has 0 fully saturated rings. The lowest BCUT2D eigenvalue weighted by Crippen LogP contribution is -2.29. The molecule has 120 valence electrons. The van der Waals surface area contributed by atoms with E-state index in [-0.39, 0.29) is 28.2 Å². The van der Waals surface area contributed by atoms with Gasteiger partial charge in [0.1, 0.15) is 10.7 Å². The average Bonchev–Trinajstić information content (AvgIpc) is 2.37. The molecule has 0 saturated carbocycles. The molecule has 0 aromatic heterocycles. The summed E-state index contributed by atoms with van der Waals surface area (Å²) in [5.74, 6) is -0.613. The van der Waals surface area contributed by atoms with Crippen molar-refractivity contribution in [3.8, 4) is 0 Å². The summed E-state index contributed by atoms with van der Waals surface area (Å²) in [6, 6.07) is 2.10. The molecule has 1 rings (SSSR count). The number of hydrogen-bond donors (Lipinski definition) is 2. The van der Waals surface area contributed by atoms with Gasteiger partial charge in [-0.1, -0.05) is 0 Å². The van der Waals surface area contributed by atoms with Gasteiger partial charge in [-0.25, -0.2) is 17.5 Å². The fraction of sp³-hybridized carbons (Fsp3) is 0.500. The predicted molar refractivity (Wildman–Crippen MR) is 83.1 cm³/mol. The lowest BCUT2D eigenvalue weighted by Gasteiger charge is -2.12. The quantitative estimate of drug-likeness (QED) is 0.517. The van der Waals surface area contributed by atoms with Crippen molar-refractivity contribution in [2.45, 2.75) is 4.90 Å². The summed E-state index contributed by atoms with van der Waals surface area (Å²) >= 11 is 2.94. The molecule has 6 nitrogen and oxygen atoms in total. The SMILES string of the molecule is CN(C)CCOCCNS(=O)(=O)c1cc(Br)c(F)cc1N. The molecule has 0 aliphatic rings. The van der Waals surface area contributed by atoms with Gasteiger partial charge >= 0.3 is 0 Å². The van der Waals surface area contributed by atoms with Crippen LogP contribution in [-0.4, -0.2) is 53.7 Å². The number of rotatable bonds is 8. The standard InChI is InChI=1S/C12H19BrFN3O3S/c1-17(2)4-6-20-5-3-16-21(18,19)12-7-9(13)10(14)8-11(12)15/h7-8,16H,3-6,15H2,1-2H3. The third-order valence-corrected chi connectivity index (χ3v) is 4.69. The lowest BCUT2D eigenvalue weighted by atomic mass is 10.3. The number of nitrogens with one attached hydrogen (secondary N) is 1. The number of ether oxygens (including phenoxy) is 1. The zero-order valence-corrected chi connectivity index (χ0v) is 14.3. The van der Waals surface area contributed by atoms with Crippen molar-refractivity contribution in [2.24, 2.45) is 0 Å². The van der Waals surface area contributed by atoms with Crippen LogP contribution in [0.15, 0.2) is 21.5 Å². The van der Waals surface area contributed by atoms with E-state index in [2.05, 4.69) is 20.7 Å². The molecule has 0 aliphatic heterocycles. The van der Waals surface area contributed by atoms with Crippen LogP contribution in [0.1, 0.15) is 0 Å². The van der Waals surface area contributed by atoms with Crippen LogP contribution in [0.2, 0.25) is 0 Å². The van der Waals surface area contributed by atoms with E-state index in [1.165, 1.54) is 0 Å². The van der Waals surface area contributed by atoms with E-state index < -0.39 is 15.8 Å². The smallest absolute Gasteiger partial charge is 0.242 e. The molecule has 3 N–H and O–H groups in total. The molecule has 21 heavy (non-hydrogen) atoms. The van der Waals surface area contributed by atoms with Crippen LogP contribution in [-0.2, 0) is 14.8 Å². The van der Waals surface area contributed by atoms with Gasteiger partial charge in [0.25, 0.3) is 0 Å². The minimum Gasteiger partial charge on any atom is -0.398 e. The van der Waals surface area contributed by atoms with E-state index in [1.807, 2.05) is 19.0 Å². The number of nitrogens with zero attached hydrogens (tertiary/aromatic N) is 1. The zero-order chi connectivity index (χ0) is 16.0. The topological polar surface area (TPSA) is 84.7 Å². The van der Waals surface area contributed by atoms with Gasteiger partial charge in [0.15, 0.2) is 0 Å². The Morgan fingerprint density at radius 3 is 2.67 bits per heavy atom. The molecule has 0 atom stereocenters. The van der Waals surface area contributed by atoms with E-state index in [1.54, 1.807) is 0 Å². The largest absolute Gasteiger partial charge is 0.398 e. The maximum Gasteiger partial charge on any atom is 0.242 e. The number of anilines is 1. The van der Waals surface area contributed by atoms with E-state index in [9.17, 15) is 12.8 Å². The first-order valence-electron chi connectivity index (χ1n) is 6.20. The fourth-order valence-corrected chi connectivity index (χ4v) is 3.10. The highest BCUT2D eigenvalue weighted by atomic mass is 79.9. The number of likely N-dealkylation sites (N-methyl/N-ethyl adjacent to an activating group) is 1. The van der Waals surface area contributed by atoms with Gasteiger partial charge in [0.05, 0.1) is 23.4 Å². The molecule has 0 amide bonds. The summed E-state index contributed by atoms with van der Waals surface area (Å²) in [5, 5.41) is 0. The normalized spacial score (nSPS) is 12.0. The van der Waals surface area contributed by atoms with Crippen molar-refractivity contribution in [2.75, 3.05) is 46.1 Å². The van der Waals surface area contributed by atoms with Crippen LogP contribution in [0, 0.1) is 5.82 Å². The Kier molecular flexibility index (Phi) is 7.01. The van der Waals surface area contributed by atoms with E-state index >= 15 is 0 Å². The Bertz CT molecular complexity index is 581. The van der Waals surface area contributed by atoms with Crippen molar-refractivity contribution < 1.29 is 17.5 Å². The Hall–Kier alpha value is -0.740. The number of hydrogen-bond acceptors (Lipinski definition) is 5. The highest BCUT2D eigenvalue weighted by Crippen LogP contribution is 2.25. The number of nitrogen functional groups attached to an aromatic ring is 1. The van der Waals surface area contributed by atoms with Crippen LogP contribution in [0.3, 0.4) is 0 Å². The molecule has 0 saturated heterocycles. The third-order valence-electron chi connectivity index (χ3n) is 2.56. The van der Waals surface area contributed by atoms with Crippen molar-refractivity contribution in [1.82, 2.24) is 9.62 Å². The first kappa shape index (κ1) is 18.3. The molecule has 0 unspecified atom stereocenters. The van der Waals surface area contributed by atoms with Crippen LogP contribution in [0.25, 0.3) is 0 Å². The van der Waals surface area contributed by atoms with Gasteiger partial charge in [-0.15, -0.1) is 0 Å². The van der Waals surface area contributed by atoms with Gasteiger partial charge in [0, 0.05) is 13.1 Å². The van der Waals surface area contributed by atoms with Gasteiger partial charge in [-0.3, -0.25) is 0 Å². The van der Waals surface area contributed by atoms with E-state index in [4.69, 9.17) is 10.5 Å². The van der Waals surface area contributed by atoms with Crippen molar-refractivity contribution >= 4 is 31.6 Å². The highest BCUT2D eigenvalue weighted by molar-refractivity contribution is 9.10. The second kappa shape index (κ2) is 8.04. The molecule has 0 radical (unpaired) electrons. The molecule has 1 aromatic rings. The van der Waals surface area contributed by atoms with E-state index in [0.717, 1.165) is 18.7 Å². The maximum atomic E-state index is 13.2. The summed E-state index contributed by atoms with van der Waals surface area (Å²) in [6.45, 7) is 1.63. The molecule has 1 aromatic carbocycles. The molecule has 0 bridgehead atoms. The first-order valence-corrected chi connectivity index (χ1v) is 8.48. The number of sulfonamides is 1. The van der Waals surface area contributed by atoms with Crippen LogP contribution in [0.4, 0.5) is 10.1 Å². The summed E-state index contributed by atoms with van der Waals surface area (Å²) in [5.41, 5.74) is 5.40. The number of benzene rings is 1. The van der Waals surface area contributed by atoms with Gasteiger partial charge in [-0.05, 0) is 42.2 Å². The molecule has 9 heteroatoms. The van der Waals surface area contributed by atoms with Crippen molar-refractivity contribution in [1.29, 1.82) is 0 Å². The molecular weight excluding hydrogens is 365 g/mol. The van der Waals surface area contributed by atoms with Crippen molar-refractivity contribution in [3.63, 3.8) is 0 Å². The summed E-state index contributed by atoms with van der Waals surface area (Å²) in [6.07, 6.45) is 0. The predicted octanol–water partition coefficient (Wildman–Crippen LogP) is 1.03. The third kappa shape index (κ3) is 5.87. The number of nitrogens with two attached hydrogens (primary N) is 1. The fourth-order valence-electron chi connectivity index (χ4n) is 1.45. The maximum absolute atomic E-state index is 13.2. The molecular formula is C12H19BrFN3O3S. The second-order valence-corrected chi connectivity index (χ2v) is 7.21. The van der Waals surface area contributed by atoms with Crippen molar-refractivity contribution in [3.05, 3.63) is 22.4 Å². The Balaban J connectivity index is 2.56. The van der Waals surface area contributed by atoms with E-state index in [0.29, 0.717) is 6.61 Å². The zero-order valence-electron chi connectivity index (χ0n) is 11.9. The summed E-state index contributed by atoms with van der Waals surface area (Å²) in [7, 11) is 0.0400. The number of halogens is 2. The Labute approximate surface area is 132 Å². The highest BCUT2D eigenvalue weighted by Gasteiger charge is 2.19.